The Balaban J connectivity index is 2.53. The molecule has 0 aromatic heterocycles. The predicted molar refractivity (Wildman–Crippen MR) is 44.7 cm³/mol. The fourth-order valence-corrected chi connectivity index (χ4v) is 1.92. The zero-order valence-corrected chi connectivity index (χ0v) is 6.95. The fraction of sp³-hybridized carbons (Fsp3) is 0.111. The third-order valence-corrected chi connectivity index (χ3v) is 2.68. The van der Waals surface area contributed by atoms with Gasteiger partial charge in [-0.25, -0.2) is 0 Å². The highest BCUT2D eigenvalue weighted by molar-refractivity contribution is 6.22. The summed E-state index contributed by atoms with van der Waals surface area (Å²) in [6.07, 6.45) is 4.03. The van der Waals surface area contributed by atoms with Crippen LogP contribution in [0.4, 0.5) is 0 Å². The first-order valence-corrected chi connectivity index (χ1v) is 4.55. The lowest BCUT2D eigenvalue weighted by Crippen LogP contribution is -1.94. The molecule has 0 heterocycles. The van der Waals surface area contributed by atoms with E-state index in [9.17, 15) is 4.46 Å². The fourth-order valence-electron chi connectivity index (χ4n) is 1.35. The average molecular weight is 159 g/mol. The van der Waals surface area contributed by atoms with E-state index in [-0.39, 0.29) is 14.9 Å². The standard InChI is InChI=1S/C9H7OSi/c10-11-9-6-5-7-3-1-2-4-8(7)9/h1-6,9H. The summed E-state index contributed by atoms with van der Waals surface area (Å²) in [5.74, 6) is 0. The van der Waals surface area contributed by atoms with Gasteiger partial charge in [-0.15, -0.1) is 0 Å². The maximum Gasteiger partial charge on any atom is 0.338 e. The van der Waals surface area contributed by atoms with Crippen molar-refractivity contribution in [1.29, 1.82) is 0 Å². The first kappa shape index (κ1) is 6.67. The Kier molecular flexibility index (Phi) is 1.54. The first-order valence-electron chi connectivity index (χ1n) is 3.56. The minimum absolute atomic E-state index is 0.145. The Morgan fingerprint density at radius 3 is 2.91 bits per heavy atom. The molecule has 1 atom stereocenters. The molecule has 2 rings (SSSR count). The zero-order valence-electron chi connectivity index (χ0n) is 5.95. The van der Waals surface area contributed by atoms with Gasteiger partial charge in [0.1, 0.15) is 0 Å². The van der Waals surface area contributed by atoms with Gasteiger partial charge in [0.15, 0.2) is 0 Å². The molecule has 1 aliphatic rings. The van der Waals surface area contributed by atoms with Crippen molar-refractivity contribution in [1.82, 2.24) is 0 Å². The molecule has 1 radical (unpaired) electrons. The Hall–Kier alpha value is -1.02. The maximum atomic E-state index is 10.7. The molecule has 1 aromatic carbocycles. The largest absolute Gasteiger partial charge is 0.384 e. The van der Waals surface area contributed by atoms with Gasteiger partial charge >= 0.3 is 9.41 Å². The van der Waals surface area contributed by atoms with Crippen molar-refractivity contribution in [2.75, 3.05) is 0 Å². The monoisotopic (exact) mass is 159 g/mol. The lowest BCUT2D eigenvalue weighted by molar-refractivity contribution is 0.573. The Bertz CT molecular complexity index is 317. The minimum Gasteiger partial charge on any atom is -0.384 e. The highest BCUT2D eigenvalue weighted by Crippen LogP contribution is 2.27. The second kappa shape index (κ2) is 2.55. The summed E-state index contributed by atoms with van der Waals surface area (Å²) in [6.45, 7) is 0. The number of allylic oxidation sites excluding steroid dienone is 1. The van der Waals surface area contributed by atoms with E-state index in [0.29, 0.717) is 0 Å². The van der Waals surface area contributed by atoms with Crippen LogP contribution in [0, 0.1) is 0 Å². The summed E-state index contributed by atoms with van der Waals surface area (Å²) in [4.78, 5) is 0. The van der Waals surface area contributed by atoms with E-state index < -0.39 is 0 Å². The highest BCUT2D eigenvalue weighted by atomic mass is 28.2. The van der Waals surface area contributed by atoms with Crippen molar-refractivity contribution >= 4 is 15.5 Å². The van der Waals surface area contributed by atoms with E-state index in [1.165, 1.54) is 11.1 Å². The highest BCUT2D eigenvalue weighted by Gasteiger charge is 2.15. The van der Waals surface area contributed by atoms with Gasteiger partial charge < -0.3 is 4.46 Å². The lowest BCUT2D eigenvalue weighted by Gasteiger charge is -1.99. The Morgan fingerprint density at radius 1 is 1.27 bits per heavy atom. The molecule has 0 saturated heterocycles. The summed E-state index contributed by atoms with van der Waals surface area (Å²) < 4.78 is 10.7. The van der Waals surface area contributed by atoms with Crippen LogP contribution < -0.4 is 0 Å². The molecule has 11 heavy (non-hydrogen) atoms. The van der Waals surface area contributed by atoms with Crippen molar-refractivity contribution in [3.63, 3.8) is 0 Å². The summed E-state index contributed by atoms with van der Waals surface area (Å²) in [6, 6.07) is 8.06. The van der Waals surface area contributed by atoms with E-state index in [0.717, 1.165) is 0 Å². The van der Waals surface area contributed by atoms with E-state index >= 15 is 0 Å². The number of rotatable bonds is 1. The van der Waals surface area contributed by atoms with Crippen molar-refractivity contribution in [2.45, 2.75) is 5.54 Å². The van der Waals surface area contributed by atoms with E-state index in [4.69, 9.17) is 0 Å². The van der Waals surface area contributed by atoms with Crippen LogP contribution in [0.1, 0.15) is 16.7 Å². The minimum atomic E-state index is -0.258. The van der Waals surface area contributed by atoms with Gasteiger partial charge in [0.05, 0.1) is 5.54 Å². The molecule has 1 unspecified atom stereocenters. The van der Waals surface area contributed by atoms with Gasteiger partial charge in [-0.3, -0.25) is 0 Å². The van der Waals surface area contributed by atoms with Crippen LogP contribution in [0.25, 0.3) is 6.08 Å². The van der Waals surface area contributed by atoms with Gasteiger partial charge in [0, 0.05) is 0 Å². The van der Waals surface area contributed by atoms with Crippen molar-refractivity contribution < 1.29 is 4.46 Å². The van der Waals surface area contributed by atoms with Crippen LogP contribution in [0.15, 0.2) is 30.3 Å². The molecular formula is C9H7OSi. The number of benzene rings is 1. The van der Waals surface area contributed by atoms with E-state index in [2.05, 4.69) is 0 Å². The molecule has 1 nitrogen and oxygen atoms in total. The molecule has 0 amide bonds. The predicted octanol–water partition coefficient (Wildman–Crippen LogP) is 1.80. The van der Waals surface area contributed by atoms with Crippen molar-refractivity contribution in [3.05, 3.63) is 41.5 Å². The van der Waals surface area contributed by atoms with Crippen molar-refractivity contribution in [2.24, 2.45) is 0 Å². The molecule has 0 aliphatic heterocycles. The molecule has 1 aromatic rings. The normalized spacial score (nSPS) is 19.8. The summed E-state index contributed by atoms with van der Waals surface area (Å²) >= 11 is 0. The van der Waals surface area contributed by atoms with E-state index in [1.54, 1.807) is 0 Å². The molecule has 0 saturated carbocycles. The number of fused-ring (bicyclic) bond motifs is 1. The molecule has 53 valence electrons. The third kappa shape index (κ3) is 0.993. The Morgan fingerprint density at radius 2 is 2.09 bits per heavy atom. The first-order chi connectivity index (χ1) is 5.42. The molecule has 0 N–H and O–H groups in total. The van der Waals surface area contributed by atoms with Crippen LogP contribution in [0.3, 0.4) is 0 Å². The van der Waals surface area contributed by atoms with Gasteiger partial charge in [0.25, 0.3) is 0 Å². The van der Waals surface area contributed by atoms with Gasteiger partial charge in [-0.1, -0.05) is 36.4 Å². The molecule has 1 aliphatic carbocycles. The Labute approximate surface area is 67.6 Å². The third-order valence-electron chi connectivity index (χ3n) is 1.93. The van der Waals surface area contributed by atoms with Gasteiger partial charge in [-0.2, -0.15) is 0 Å². The zero-order chi connectivity index (χ0) is 7.68. The molecule has 2 heteroatoms. The second-order valence-electron chi connectivity index (χ2n) is 2.58. The SMILES string of the molecule is O=[Si]C1C=Cc2ccccc21. The molecule has 0 bridgehead atoms. The molecule has 0 fully saturated rings. The number of hydrogen-bond donors (Lipinski definition) is 0. The second-order valence-corrected chi connectivity index (χ2v) is 3.44. The van der Waals surface area contributed by atoms with Gasteiger partial charge in [-0.05, 0) is 11.1 Å². The van der Waals surface area contributed by atoms with Gasteiger partial charge in [0.2, 0.25) is 0 Å². The topological polar surface area (TPSA) is 17.1 Å². The van der Waals surface area contributed by atoms with Crippen molar-refractivity contribution in [3.8, 4) is 0 Å². The van der Waals surface area contributed by atoms with Crippen LogP contribution in [-0.2, 0) is 4.46 Å². The van der Waals surface area contributed by atoms with Crippen LogP contribution in [0.5, 0.6) is 0 Å². The van der Waals surface area contributed by atoms with Crippen LogP contribution in [0.2, 0.25) is 0 Å². The average Bonchev–Trinajstić information content (AvgIpc) is 2.47. The van der Waals surface area contributed by atoms with Crippen LogP contribution >= 0.6 is 0 Å². The summed E-state index contributed by atoms with van der Waals surface area (Å²) in [5, 5.41) is 0. The van der Waals surface area contributed by atoms with E-state index in [1.807, 2.05) is 36.4 Å². The smallest absolute Gasteiger partial charge is 0.338 e. The lowest BCUT2D eigenvalue weighted by atomic mass is 10.1. The molecule has 0 spiro atoms. The summed E-state index contributed by atoms with van der Waals surface area (Å²) in [7, 11) is -0.258. The summed E-state index contributed by atoms with van der Waals surface area (Å²) in [5.41, 5.74) is 2.55. The molecular weight excluding hydrogens is 152 g/mol. The number of hydrogen-bond acceptors (Lipinski definition) is 1. The quantitative estimate of drug-likeness (QED) is 0.571. The van der Waals surface area contributed by atoms with Crippen LogP contribution in [-0.4, -0.2) is 9.41 Å². The maximum absolute atomic E-state index is 10.7.